The molecule has 1 heterocycles. The Labute approximate surface area is 152 Å². The van der Waals surface area contributed by atoms with E-state index in [1.807, 2.05) is 55.4 Å². The van der Waals surface area contributed by atoms with Crippen LogP contribution in [0.5, 0.6) is 5.75 Å². The number of hydrogen-bond donors (Lipinski definition) is 1. The van der Waals surface area contributed by atoms with Crippen LogP contribution >= 0.6 is 0 Å². The van der Waals surface area contributed by atoms with Crippen molar-refractivity contribution in [2.24, 2.45) is 5.92 Å². The van der Waals surface area contributed by atoms with Gasteiger partial charge >= 0.3 is 0 Å². The van der Waals surface area contributed by atoms with E-state index in [9.17, 15) is 5.26 Å². The van der Waals surface area contributed by atoms with Crippen LogP contribution in [0, 0.1) is 22.7 Å². The van der Waals surface area contributed by atoms with Gasteiger partial charge in [0.25, 0.3) is 0 Å². The number of nitriles is 1. The number of benzene rings is 3. The van der Waals surface area contributed by atoms with Crippen LogP contribution in [0.3, 0.4) is 0 Å². The molecule has 4 rings (SSSR count). The van der Waals surface area contributed by atoms with Crippen LogP contribution in [0.1, 0.15) is 17.0 Å². The molecule has 128 valence electrons. The minimum Gasteiger partial charge on any atom is -0.442 e. The molecule has 1 aliphatic heterocycles. The summed E-state index contributed by atoms with van der Waals surface area (Å²) in [6.45, 7) is 0. The number of rotatable bonds is 2. The largest absolute Gasteiger partial charge is 0.442 e. The predicted octanol–water partition coefficient (Wildman–Crippen LogP) is 4.55. The van der Waals surface area contributed by atoms with Gasteiger partial charge in [-0.2, -0.15) is 5.26 Å². The first-order valence-electron chi connectivity index (χ1n) is 8.55. The summed E-state index contributed by atoms with van der Waals surface area (Å²) >= 11 is 0. The van der Waals surface area contributed by atoms with Crippen molar-refractivity contribution in [3.05, 3.63) is 71.8 Å². The smallest absolute Gasteiger partial charge is 0.205 e. The van der Waals surface area contributed by atoms with E-state index in [0.717, 1.165) is 27.6 Å². The lowest BCUT2D eigenvalue weighted by Crippen LogP contribution is -2.31. The molecular formula is C22H19N3O. The summed E-state index contributed by atoms with van der Waals surface area (Å²) in [5.41, 5.74) is 3.01. The van der Waals surface area contributed by atoms with E-state index < -0.39 is 5.92 Å². The van der Waals surface area contributed by atoms with Crippen LogP contribution < -0.4 is 9.64 Å². The summed E-state index contributed by atoms with van der Waals surface area (Å²) in [5, 5.41) is 20.3. The van der Waals surface area contributed by atoms with Crippen molar-refractivity contribution in [1.29, 1.82) is 10.7 Å². The lowest BCUT2D eigenvalue weighted by molar-refractivity contribution is 0.451. The van der Waals surface area contributed by atoms with Crippen molar-refractivity contribution in [3.8, 4) is 11.8 Å². The molecule has 0 aromatic heterocycles. The lowest BCUT2D eigenvalue weighted by atomic mass is 9.77. The van der Waals surface area contributed by atoms with Gasteiger partial charge in [0.2, 0.25) is 5.90 Å². The third kappa shape index (κ3) is 2.49. The molecule has 0 amide bonds. The van der Waals surface area contributed by atoms with E-state index in [1.165, 1.54) is 0 Å². The van der Waals surface area contributed by atoms with Gasteiger partial charge in [0, 0.05) is 37.3 Å². The summed E-state index contributed by atoms with van der Waals surface area (Å²) in [5.74, 6) is -0.198. The molecule has 0 saturated heterocycles. The maximum atomic E-state index is 9.75. The molecule has 3 aromatic rings. The highest BCUT2D eigenvalue weighted by Gasteiger charge is 2.37. The number of hydrogen-bond acceptors (Lipinski definition) is 4. The van der Waals surface area contributed by atoms with E-state index >= 15 is 0 Å². The number of anilines is 1. The number of ether oxygens (including phenoxy) is 1. The molecule has 4 heteroatoms. The molecule has 0 bridgehead atoms. The highest BCUT2D eigenvalue weighted by molar-refractivity contribution is 5.91. The van der Waals surface area contributed by atoms with Crippen LogP contribution in [0.25, 0.3) is 10.8 Å². The average Bonchev–Trinajstić information content (AvgIpc) is 2.66. The first-order chi connectivity index (χ1) is 12.6. The van der Waals surface area contributed by atoms with Gasteiger partial charge in [0.1, 0.15) is 11.7 Å². The Morgan fingerprint density at radius 2 is 1.77 bits per heavy atom. The predicted molar refractivity (Wildman–Crippen MR) is 104 cm³/mol. The third-order valence-corrected chi connectivity index (χ3v) is 4.98. The Hall–Kier alpha value is -3.32. The molecule has 2 unspecified atom stereocenters. The zero-order chi connectivity index (χ0) is 18.3. The van der Waals surface area contributed by atoms with E-state index in [-0.39, 0.29) is 11.8 Å². The minimum atomic E-state index is -0.640. The lowest BCUT2D eigenvalue weighted by Gasteiger charge is -2.31. The van der Waals surface area contributed by atoms with Gasteiger partial charge in [-0.3, -0.25) is 5.41 Å². The summed E-state index contributed by atoms with van der Waals surface area (Å²) in [6.07, 6.45) is 0. The van der Waals surface area contributed by atoms with E-state index in [4.69, 9.17) is 10.1 Å². The van der Waals surface area contributed by atoms with Crippen molar-refractivity contribution < 1.29 is 4.74 Å². The normalized spacial score (nSPS) is 18.7. The van der Waals surface area contributed by atoms with Gasteiger partial charge in [-0.15, -0.1) is 0 Å². The van der Waals surface area contributed by atoms with Gasteiger partial charge in [0.15, 0.2) is 0 Å². The van der Waals surface area contributed by atoms with E-state index in [1.54, 1.807) is 0 Å². The molecule has 0 fully saturated rings. The maximum Gasteiger partial charge on any atom is 0.205 e. The SMILES string of the molecule is CN(C)c1ccc2c(c1)OC(=N)C(C#N)C2c1cccc2ccccc12. The van der Waals surface area contributed by atoms with Gasteiger partial charge in [-0.1, -0.05) is 48.5 Å². The second-order valence-electron chi connectivity index (χ2n) is 6.74. The topological polar surface area (TPSA) is 60.1 Å². The van der Waals surface area contributed by atoms with Crippen LogP contribution in [0.2, 0.25) is 0 Å². The monoisotopic (exact) mass is 341 g/mol. The van der Waals surface area contributed by atoms with Gasteiger partial charge in [-0.25, -0.2) is 0 Å². The Morgan fingerprint density at radius 1 is 1.00 bits per heavy atom. The number of nitrogens with one attached hydrogen (secondary N) is 1. The zero-order valence-electron chi connectivity index (χ0n) is 14.7. The maximum absolute atomic E-state index is 9.75. The summed E-state index contributed by atoms with van der Waals surface area (Å²) in [7, 11) is 3.94. The van der Waals surface area contributed by atoms with Crippen molar-refractivity contribution in [3.63, 3.8) is 0 Å². The minimum absolute atomic E-state index is 0.00819. The molecule has 0 saturated carbocycles. The molecule has 2 atom stereocenters. The Kier molecular flexibility index (Phi) is 3.85. The van der Waals surface area contributed by atoms with Crippen molar-refractivity contribution in [2.45, 2.75) is 5.92 Å². The first-order valence-corrected chi connectivity index (χ1v) is 8.55. The number of nitrogens with zero attached hydrogens (tertiary/aromatic N) is 2. The second kappa shape index (κ2) is 6.20. The van der Waals surface area contributed by atoms with Crippen LogP contribution in [0.15, 0.2) is 60.7 Å². The Balaban J connectivity index is 1.97. The van der Waals surface area contributed by atoms with Crippen LogP contribution in [-0.2, 0) is 0 Å². The molecule has 0 spiro atoms. The molecule has 1 N–H and O–H groups in total. The third-order valence-electron chi connectivity index (χ3n) is 4.98. The van der Waals surface area contributed by atoms with Crippen LogP contribution in [-0.4, -0.2) is 20.0 Å². The van der Waals surface area contributed by atoms with Gasteiger partial charge in [0.05, 0.1) is 6.07 Å². The molecule has 26 heavy (non-hydrogen) atoms. The Morgan fingerprint density at radius 3 is 2.54 bits per heavy atom. The molecular weight excluding hydrogens is 322 g/mol. The highest BCUT2D eigenvalue weighted by Crippen LogP contribution is 2.45. The number of fused-ring (bicyclic) bond motifs is 2. The molecule has 4 nitrogen and oxygen atoms in total. The first kappa shape index (κ1) is 16.2. The van der Waals surface area contributed by atoms with Gasteiger partial charge in [-0.05, 0) is 22.4 Å². The average molecular weight is 341 g/mol. The fraction of sp³-hybridized carbons (Fsp3) is 0.182. The quantitative estimate of drug-likeness (QED) is 0.744. The molecule has 1 aliphatic rings. The zero-order valence-corrected chi connectivity index (χ0v) is 14.7. The summed E-state index contributed by atoms with van der Waals surface area (Å²) in [4.78, 5) is 2.00. The van der Waals surface area contributed by atoms with Crippen LogP contribution in [0.4, 0.5) is 5.69 Å². The van der Waals surface area contributed by atoms with Gasteiger partial charge < -0.3 is 9.64 Å². The fourth-order valence-corrected chi connectivity index (χ4v) is 3.66. The highest BCUT2D eigenvalue weighted by atomic mass is 16.5. The Bertz CT molecular complexity index is 1040. The molecule has 0 radical (unpaired) electrons. The fourth-order valence-electron chi connectivity index (χ4n) is 3.66. The van der Waals surface area contributed by atoms with E-state index in [0.29, 0.717) is 5.75 Å². The summed E-state index contributed by atoms with van der Waals surface area (Å²) in [6, 6.07) is 22.6. The van der Waals surface area contributed by atoms with Crippen molar-refractivity contribution in [2.75, 3.05) is 19.0 Å². The second-order valence-corrected chi connectivity index (χ2v) is 6.74. The molecule has 0 aliphatic carbocycles. The summed E-state index contributed by atoms with van der Waals surface area (Å²) < 4.78 is 5.72. The van der Waals surface area contributed by atoms with Crippen molar-refractivity contribution >= 4 is 22.4 Å². The standard InChI is InChI=1S/C22H19N3O/c1-25(2)15-10-11-18-20(12-15)26-22(24)19(13-23)21(18)17-9-5-7-14-6-3-4-8-16(14)17/h3-12,19,21,24H,1-2H3. The van der Waals surface area contributed by atoms with Crippen molar-refractivity contribution in [1.82, 2.24) is 0 Å². The molecule has 3 aromatic carbocycles. The van der Waals surface area contributed by atoms with E-state index in [2.05, 4.69) is 30.3 Å².